The van der Waals surface area contributed by atoms with Gasteiger partial charge >= 0.3 is 0 Å². The summed E-state index contributed by atoms with van der Waals surface area (Å²) in [5.41, 5.74) is 4.01. The Morgan fingerprint density at radius 3 is 2.79 bits per heavy atom. The van der Waals surface area contributed by atoms with Gasteiger partial charge in [-0.3, -0.25) is 0 Å². The number of aryl methyl sites for hydroxylation is 1. The second kappa shape index (κ2) is 6.76. The number of nitrogens with one attached hydrogen (secondary N) is 1. The molecule has 0 saturated heterocycles. The quantitative estimate of drug-likeness (QED) is 0.820. The van der Waals surface area contributed by atoms with E-state index in [0.717, 1.165) is 5.75 Å². The highest BCUT2D eigenvalue weighted by Gasteiger charge is 2.19. The molecule has 2 heteroatoms. The summed E-state index contributed by atoms with van der Waals surface area (Å²) < 4.78 is 5.56. The maximum Gasteiger partial charge on any atom is 0.124 e. The summed E-state index contributed by atoms with van der Waals surface area (Å²) in [6.07, 6.45) is 8.81. The smallest absolute Gasteiger partial charge is 0.124 e. The molecule has 1 aromatic carbocycles. The molecule has 0 bridgehead atoms. The molecule has 0 fully saturated rings. The number of ether oxygens (including phenoxy) is 1. The van der Waals surface area contributed by atoms with Gasteiger partial charge < -0.3 is 10.1 Å². The van der Waals surface area contributed by atoms with Crippen molar-refractivity contribution in [3.63, 3.8) is 0 Å². The van der Waals surface area contributed by atoms with Crippen molar-refractivity contribution >= 4 is 0 Å². The Labute approximate surface area is 116 Å². The number of likely N-dealkylation sites (N-methyl/N-ethyl adjacent to an activating group) is 1. The van der Waals surface area contributed by atoms with Crippen molar-refractivity contribution in [2.45, 2.75) is 45.1 Å². The summed E-state index contributed by atoms with van der Waals surface area (Å²) in [6.45, 7) is 2.10. The number of methoxy groups -OCH3 is 1. The van der Waals surface area contributed by atoms with E-state index in [-0.39, 0.29) is 6.04 Å². The zero-order valence-electron chi connectivity index (χ0n) is 12.3. The van der Waals surface area contributed by atoms with Gasteiger partial charge in [-0.05, 0) is 51.3 Å². The monoisotopic (exact) mass is 259 g/mol. The minimum atomic E-state index is 0.286. The SMILES string of the molecule is CNC(C1=CCCCCC1)c1ccc(C)cc1OC. The molecule has 0 amide bonds. The summed E-state index contributed by atoms with van der Waals surface area (Å²) in [7, 11) is 3.79. The van der Waals surface area contributed by atoms with Crippen LogP contribution < -0.4 is 10.1 Å². The number of hydrogen-bond acceptors (Lipinski definition) is 2. The molecule has 1 aromatic rings. The zero-order valence-corrected chi connectivity index (χ0v) is 12.3. The highest BCUT2D eigenvalue weighted by molar-refractivity contribution is 5.42. The fourth-order valence-electron chi connectivity index (χ4n) is 2.90. The van der Waals surface area contributed by atoms with Crippen molar-refractivity contribution < 1.29 is 4.74 Å². The highest BCUT2D eigenvalue weighted by atomic mass is 16.5. The van der Waals surface area contributed by atoms with Crippen LogP contribution in [0.2, 0.25) is 0 Å². The number of benzene rings is 1. The van der Waals surface area contributed by atoms with Crippen LogP contribution in [0.4, 0.5) is 0 Å². The second-order valence-electron chi connectivity index (χ2n) is 5.35. The molecule has 0 radical (unpaired) electrons. The Bertz CT molecular complexity index is 451. The van der Waals surface area contributed by atoms with Crippen molar-refractivity contribution in [3.8, 4) is 5.75 Å². The molecule has 2 rings (SSSR count). The molecule has 1 N–H and O–H groups in total. The van der Waals surface area contributed by atoms with Crippen LogP contribution in [0.15, 0.2) is 29.8 Å². The van der Waals surface area contributed by atoms with Gasteiger partial charge in [-0.25, -0.2) is 0 Å². The first-order chi connectivity index (χ1) is 9.26. The maximum absolute atomic E-state index is 5.56. The molecule has 0 spiro atoms. The summed E-state index contributed by atoms with van der Waals surface area (Å²) in [6, 6.07) is 6.77. The Hall–Kier alpha value is -1.28. The molecule has 0 aliphatic heterocycles. The van der Waals surface area contributed by atoms with E-state index in [2.05, 4.69) is 36.5 Å². The summed E-state index contributed by atoms with van der Waals surface area (Å²) in [5, 5.41) is 3.46. The Balaban J connectivity index is 2.33. The average molecular weight is 259 g/mol. The number of allylic oxidation sites excluding steroid dienone is 1. The minimum Gasteiger partial charge on any atom is -0.496 e. The first-order valence-corrected chi connectivity index (χ1v) is 7.27. The van der Waals surface area contributed by atoms with Gasteiger partial charge in [0.25, 0.3) is 0 Å². The van der Waals surface area contributed by atoms with E-state index >= 15 is 0 Å². The molecule has 0 saturated carbocycles. The van der Waals surface area contributed by atoms with Gasteiger partial charge in [-0.2, -0.15) is 0 Å². The van der Waals surface area contributed by atoms with Crippen LogP contribution in [-0.4, -0.2) is 14.2 Å². The first kappa shape index (κ1) is 14.1. The lowest BCUT2D eigenvalue weighted by molar-refractivity contribution is 0.404. The van der Waals surface area contributed by atoms with E-state index in [0.29, 0.717) is 0 Å². The van der Waals surface area contributed by atoms with Crippen molar-refractivity contribution in [1.29, 1.82) is 0 Å². The normalized spacial score (nSPS) is 17.5. The van der Waals surface area contributed by atoms with Crippen LogP contribution in [0.5, 0.6) is 5.75 Å². The van der Waals surface area contributed by atoms with Crippen LogP contribution in [0.1, 0.15) is 49.3 Å². The molecular weight excluding hydrogens is 234 g/mol. The summed E-state index contributed by atoms with van der Waals surface area (Å²) >= 11 is 0. The van der Waals surface area contributed by atoms with E-state index in [1.165, 1.54) is 48.8 Å². The molecule has 104 valence electrons. The Kier molecular flexibility index (Phi) is 5.03. The lowest BCUT2D eigenvalue weighted by atomic mass is 9.94. The van der Waals surface area contributed by atoms with Crippen LogP contribution in [0.3, 0.4) is 0 Å². The average Bonchev–Trinajstić information content (AvgIpc) is 2.70. The Morgan fingerprint density at radius 1 is 1.21 bits per heavy atom. The van der Waals surface area contributed by atoms with Crippen LogP contribution in [0, 0.1) is 6.92 Å². The molecule has 0 heterocycles. The first-order valence-electron chi connectivity index (χ1n) is 7.27. The van der Waals surface area contributed by atoms with Crippen LogP contribution in [-0.2, 0) is 0 Å². The molecule has 0 aromatic heterocycles. The number of hydrogen-bond donors (Lipinski definition) is 1. The van der Waals surface area contributed by atoms with Crippen molar-refractivity contribution in [3.05, 3.63) is 41.0 Å². The summed E-state index contributed by atoms with van der Waals surface area (Å²) in [5.74, 6) is 0.990. The molecule has 1 aliphatic rings. The van der Waals surface area contributed by atoms with Gasteiger partial charge in [0.2, 0.25) is 0 Å². The van der Waals surface area contributed by atoms with Gasteiger partial charge in [-0.1, -0.05) is 30.2 Å². The lowest BCUT2D eigenvalue weighted by Crippen LogP contribution is -2.19. The maximum atomic E-state index is 5.56. The highest BCUT2D eigenvalue weighted by Crippen LogP contribution is 2.34. The fourth-order valence-corrected chi connectivity index (χ4v) is 2.90. The molecule has 1 unspecified atom stereocenters. The second-order valence-corrected chi connectivity index (χ2v) is 5.35. The van der Waals surface area contributed by atoms with E-state index in [1.807, 2.05) is 7.05 Å². The van der Waals surface area contributed by atoms with Crippen molar-refractivity contribution in [2.24, 2.45) is 0 Å². The molecule has 2 nitrogen and oxygen atoms in total. The van der Waals surface area contributed by atoms with Gasteiger partial charge in [0.15, 0.2) is 0 Å². The predicted molar refractivity (Wildman–Crippen MR) is 80.7 cm³/mol. The van der Waals surface area contributed by atoms with Gasteiger partial charge in [0.05, 0.1) is 13.2 Å². The van der Waals surface area contributed by atoms with E-state index in [1.54, 1.807) is 7.11 Å². The number of rotatable bonds is 4. The topological polar surface area (TPSA) is 21.3 Å². The third-order valence-corrected chi connectivity index (χ3v) is 3.94. The van der Waals surface area contributed by atoms with Crippen LogP contribution in [0.25, 0.3) is 0 Å². The third-order valence-electron chi connectivity index (χ3n) is 3.94. The Morgan fingerprint density at radius 2 is 2.05 bits per heavy atom. The fraction of sp³-hybridized carbons (Fsp3) is 0.529. The molecular formula is C17H25NO. The van der Waals surface area contributed by atoms with Gasteiger partial charge in [0, 0.05) is 5.56 Å². The molecule has 19 heavy (non-hydrogen) atoms. The van der Waals surface area contributed by atoms with Crippen molar-refractivity contribution in [1.82, 2.24) is 5.32 Å². The lowest BCUT2D eigenvalue weighted by Gasteiger charge is -2.22. The molecule has 1 aliphatic carbocycles. The van der Waals surface area contributed by atoms with Gasteiger partial charge in [0.1, 0.15) is 5.75 Å². The van der Waals surface area contributed by atoms with Crippen molar-refractivity contribution in [2.75, 3.05) is 14.2 Å². The minimum absolute atomic E-state index is 0.286. The van der Waals surface area contributed by atoms with E-state index < -0.39 is 0 Å². The predicted octanol–water partition coefficient (Wildman–Crippen LogP) is 4.15. The van der Waals surface area contributed by atoms with Crippen LogP contribution >= 0.6 is 0 Å². The largest absolute Gasteiger partial charge is 0.496 e. The zero-order chi connectivity index (χ0) is 13.7. The van der Waals surface area contributed by atoms with Gasteiger partial charge in [-0.15, -0.1) is 0 Å². The van der Waals surface area contributed by atoms with E-state index in [4.69, 9.17) is 4.74 Å². The third kappa shape index (κ3) is 3.38. The summed E-state index contributed by atoms with van der Waals surface area (Å²) in [4.78, 5) is 0. The van der Waals surface area contributed by atoms with E-state index in [9.17, 15) is 0 Å². The standard InChI is InChI=1S/C17H25NO/c1-13-10-11-15(16(12-13)19-3)17(18-2)14-8-6-4-5-7-9-14/h8,10-12,17-18H,4-7,9H2,1-3H3. The molecule has 1 atom stereocenters.